The highest BCUT2D eigenvalue weighted by Crippen LogP contribution is 2.42. The first kappa shape index (κ1) is 16.7. The number of halogens is 1. The van der Waals surface area contributed by atoms with Gasteiger partial charge in [0.05, 0.1) is 10.9 Å². The topological polar surface area (TPSA) is 45.8 Å². The maximum atomic E-state index is 12.2. The molecule has 20 heavy (non-hydrogen) atoms. The van der Waals surface area contributed by atoms with E-state index in [1.807, 2.05) is 23.5 Å². The number of aromatic amines is 1. The minimum atomic E-state index is -0.103. The molecule has 0 spiro atoms. The average Bonchev–Trinajstić information content (AvgIpc) is 2.40. The van der Waals surface area contributed by atoms with Crippen molar-refractivity contribution in [1.82, 2.24) is 9.97 Å². The molecule has 1 N–H and O–H groups in total. The second kappa shape index (κ2) is 6.60. The zero-order chi connectivity index (χ0) is 14.9. The number of hydrogen-bond acceptors (Lipinski definition) is 4. The molecule has 2 unspecified atom stereocenters. The van der Waals surface area contributed by atoms with E-state index in [9.17, 15) is 4.79 Å². The van der Waals surface area contributed by atoms with E-state index in [0.29, 0.717) is 10.5 Å². The molecule has 1 aliphatic heterocycles. The number of hydrogen-bond donors (Lipinski definition) is 1. The summed E-state index contributed by atoms with van der Waals surface area (Å²) in [5.41, 5.74) is 0.822. The Morgan fingerprint density at radius 2 is 2.00 bits per heavy atom. The Kier molecular flexibility index (Phi) is 5.51. The fourth-order valence-corrected chi connectivity index (χ4v) is 6.34. The molecule has 3 nitrogen and oxygen atoms in total. The van der Waals surface area contributed by atoms with Gasteiger partial charge in [-0.05, 0) is 29.0 Å². The normalized spacial score (nSPS) is 23.9. The first-order chi connectivity index (χ1) is 9.34. The lowest BCUT2D eigenvalue weighted by molar-refractivity contribution is 0.553. The molecule has 6 heteroatoms. The van der Waals surface area contributed by atoms with Gasteiger partial charge in [-0.25, -0.2) is 4.98 Å². The minimum Gasteiger partial charge on any atom is -0.309 e. The Balaban J connectivity index is 2.47. The Labute approximate surface area is 142 Å². The third kappa shape index (κ3) is 3.55. The molecule has 1 aliphatic rings. The first-order valence-electron chi connectivity index (χ1n) is 6.88. The van der Waals surface area contributed by atoms with Crippen LogP contribution in [-0.4, -0.2) is 26.7 Å². The van der Waals surface area contributed by atoms with Crippen LogP contribution in [0.3, 0.4) is 0 Å². The van der Waals surface area contributed by atoms with Crippen LogP contribution in [0.4, 0.5) is 0 Å². The molecule has 0 aliphatic carbocycles. The summed E-state index contributed by atoms with van der Waals surface area (Å²) in [5.74, 6) is 3.19. The van der Waals surface area contributed by atoms with Gasteiger partial charge in [0.2, 0.25) is 0 Å². The summed E-state index contributed by atoms with van der Waals surface area (Å²) in [5, 5.41) is 0.856. The summed E-state index contributed by atoms with van der Waals surface area (Å²) in [4.78, 5) is 20.1. The van der Waals surface area contributed by atoms with Crippen molar-refractivity contribution in [2.75, 3.05) is 11.5 Å². The molecular formula is C14H21IN2OS2. The zero-order valence-electron chi connectivity index (χ0n) is 12.3. The zero-order valence-corrected chi connectivity index (χ0v) is 16.1. The van der Waals surface area contributed by atoms with Crippen molar-refractivity contribution in [3.8, 4) is 0 Å². The third-order valence-corrected chi connectivity index (χ3v) is 7.57. The fourth-order valence-electron chi connectivity index (χ4n) is 2.26. The summed E-state index contributed by atoms with van der Waals surface area (Å²) in [6.07, 6.45) is 1.11. The molecule has 0 radical (unpaired) electrons. The van der Waals surface area contributed by atoms with E-state index in [-0.39, 0.29) is 11.0 Å². The fraction of sp³-hybridized carbons (Fsp3) is 0.714. The van der Waals surface area contributed by atoms with Gasteiger partial charge in [-0.2, -0.15) is 11.8 Å². The molecule has 0 aromatic carbocycles. The molecular weight excluding hydrogens is 403 g/mol. The van der Waals surface area contributed by atoms with Crippen LogP contribution < -0.4 is 5.56 Å². The summed E-state index contributed by atoms with van der Waals surface area (Å²) < 4.78 is 0.723. The molecule has 1 fully saturated rings. The molecule has 0 bridgehead atoms. The SMILES string of the molecule is CCC1SCCSC1c1nc(C(C)(C)C)c(I)c(=O)[nH]1. The predicted octanol–water partition coefficient (Wildman–Crippen LogP) is 3.97. The lowest BCUT2D eigenvalue weighted by Gasteiger charge is -2.30. The third-order valence-electron chi connectivity index (χ3n) is 3.31. The van der Waals surface area contributed by atoms with Gasteiger partial charge in [0.25, 0.3) is 5.56 Å². The average molecular weight is 424 g/mol. The van der Waals surface area contributed by atoms with E-state index in [1.165, 1.54) is 5.75 Å². The molecule has 112 valence electrons. The van der Waals surface area contributed by atoms with E-state index >= 15 is 0 Å². The number of rotatable bonds is 2. The van der Waals surface area contributed by atoms with Gasteiger partial charge in [0.15, 0.2) is 0 Å². The van der Waals surface area contributed by atoms with E-state index in [0.717, 1.165) is 27.3 Å². The van der Waals surface area contributed by atoms with E-state index in [2.05, 4.69) is 55.3 Å². The number of nitrogens with one attached hydrogen (secondary N) is 1. The van der Waals surface area contributed by atoms with Crippen LogP contribution >= 0.6 is 46.1 Å². The van der Waals surface area contributed by atoms with Crippen molar-refractivity contribution in [1.29, 1.82) is 0 Å². The lowest BCUT2D eigenvalue weighted by Crippen LogP contribution is -2.29. The molecule has 2 atom stereocenters. The van der Waals surface area contributed by atoms with Gasteiger partial charge in [-0.3, -0.25) is 4.79 Å². The van der Waals surface area contributed by atoms with Crippen molar-refractivity contribution < 1.29 is 0 Å². The molecule has 1 saturated heterocycles. The summed E-state index contributed by atoms with van der Waals surface area (Å²) in [6.45, 7) is 8.55. The Morgan fingerprint density at radius 1 is 1.35 bits per heavy atom. The molecule has 1 aromatic heterocycles. The lowest BCUT2D eigenvalue weighted by atomic mass is 9.92. The van der Waals surface area contributed by atoms with Gasteiger partial charge >= 0.3 is 0 Å². The summed E-state index contributed by atoms with van der Waals surface area (Å²) in [7, 11) is 0. The minimum absolute atomic E-state index is 0.00607. The quantitative estimate of drug-likeness (QED) is 0.730. The van der Waals surface area contributed by atoms with Crippen molar-refractivity contribution in [2.24, 2.45) is 0 Å². The van der Waals surface area contributed by atoms with Crippen molar-refractivity contribution in [2.45, 2.75) is 50.0 Å². The Morgan fingerprint density at radius 3 is 2.60 bits per heavy atom. The van der Waals surface area contributed by atoms with Crippen LogP contribution in [0.15, 0.2) is 4.79 Å². The Bertz CT molecular complexity index is 539. The highest BCUT2D eigenvalue weighted by molar-refractivity contribution is 14.1. The van der Waals surface area contributed by atoms with E-state index in [1.54, 1.807) is 0 Å². The van der Waals surface area contributed by atoms with Crippen LogP contribution in [0.1, 0.15) is 50.9 Å². The smallest absolute Gasteiger partial charge is 0.264 e. The summed E-state index contributed by atoms with van der Waals surface area (Å²) in [6, 6.07) is 0. The monoisotopic (exact) mass is 424 g/mol. The van der Waals surface area contributed by atoms with Crippen LogP contribution in [0.5, 0.6) is 0 Å². The largest absolute Gasteiger partial charge is 0.309 e. The maximum absolute atomic E-state index is 12.2. The van der Waals surface area contributed by atoms with Gasteiger partial charge in [0, 0.05) is 22.2 Å². The van der Waals surface area contributed by atoms with Crippen molar-refractivity contribution in [3.05, 3.63) is 25.4 Å². The van der Waals surface area contributed by atoms with Gasteiger partial charge in [-0.1, -0.05) is 27.7 Å². The van der Waals surface area contributed by atoms with Gasteiger partial charge in [-0.15, -0.1) is 11.8 Å². The maximum Gasteiger partial charge on any atom is 0.264 e. The first-order valence-corrected chi connectivity index (χ1v) is 10.1. The van der Waals surface area contributed by atoms with Crippen LogP contribution in [0, 0.1) is 3.57 Å². The highest BCUT2D eigenvalue weighted by atomic mass is 127. The molecule has 0 saturated carbocycles. The number of thioether (sulfide) groups is 2. The molecule has 2 heterocycles. The van der Waals surface area contributed by atoms with Crippen LogP contribution in [0.25, 0.3) is 0 Å². The highest BCUT2D eigenvalue weighted by Gasteiger charge is 2.30. The molecule has 2 rings (SSSR count). The van der Waals surface area contributed by atoms with Crippen LogP contribution in [0.2, 0.25) is 0 Å². The predicted molar refractivity (Wildman–Crippen MR) is 98.0 cm³/mol. The summed E-state index contributed by atoms with van der Waals surface area (Å²) >= 11 is 6.05. The van der Waals surface area contributed by atoms with Crippen molar-refractivity contribution >= 4 is 46.1 Å². The molecule has 1 aromatic rings. The standard InChI is InChI=1S/C14H21IN2OS2/c1-5-8-10(20-7-6-19-8)12-16-11(14(2,3)4)9(15)13(18)17-12/h8,10H,5-7H2,1-4H3,(H,16,17,18). The number of aromatic nitrogens is 2. The van der Waals surface area contributed by atoms with Crippen molar-refractivity contribution in [3.63, 3.8) is 0 Å². The molecule has 0 amide bonds. The number of H-pyrrole nitrogens is 1. The van der Waals surface area contributed by atoms with Crippen LogP contribution in [-0.2, 0) is 5.41 Å². The Hall–Kier alpha value is 0.310. The second-order valence-corrected chi connectivity index (χ2v) is 9.65. The van der Waals surface area contributed by atoms with E-state index in [4.69, 9.17) is 4.98 Å². The number of nitrogens with zero attached hydrogens (tertiary/aromatic N) is 1. The van der Waals surface area contributed by atoms with Gasteiger partial charge in [0.1, 0.15) is 9.39 Å². The van der Waals surface area contributed by atoms with Gasteiger partial charge < -0.3 is 4.98 Å². The van der Waals surface area contributed by atoms with E-state index < -0.39 is 0 Å². The second-order valence-electron chi connectivity index (χ2n) is 5.97.